The molecule has 0 bridgehead atoms. The molecule has 0 aliphatic carbocycles. The lowest BCUT2D eigenvalue weighted by Gasteiger charge is -2.10. The van der Waals surface area contributed by atoms with E-state index in [9.17, 15) is 5.26 Å². The highest BCUT2D eigenvalue weighted by molar-refractivity contribution is 5.93. The summed E-state index contributed by atoms with van der Waals surface area (Å²) in [4.78, 5) is 20.9. The minimum Gasteiger partial charge on any atom is -0.355 e. The number of imidazole rings is 1. The van der Waals surface area contributed by atoms with E-state index in [0.29, 0.717) is 11.2 Å². The number of benzene rings is 2. The second kappa shape index (κ2) is 8.57. The van der Waals surface area contributed by atoms with Crippen molar-refractivity contribution in [3.63, 3.8) is 0 Å². The van der Waals surface area contributed by atoms with E-state index in [1.54, 1.807) is 30.9 Å². The van der Waals surface area contributed by atoms with Crippen LogP contribution in [-0.4, -0.2) is 24.9 Å². The molecule has 0 aliphatic rings. The Bertz CT molecular complexity index is 1700. The number of pyridine rings is 3. The molecule has 8 heteroatoms. The number of nitrogens with zero attached hydrogens (tertiary/aromatic N) is 5. The lowest BCUT2D eigenvalue weighted by Crippen LogP contribution is -1.93. The summed E-state index contributed by atoms with van der Waals surface area (Å²) in [7, 11) is 0. The van der Waals surface area contributed by atoms with Gasteiger partial charge in [-0.1, -0.05) is 0 Å². The standard InChI is InChI=1S/C27H18N8/c28-15-17-1-6-23-22(13-17)24(9-12-30-23)33-19-4-2-18(3-5-19)26-34-25-14-21(16-31-27(25)35-26)32-20-7-10-29-11-8-20/h1-14,16H,(H,29,32)(H,30,33)(H,31,34,35). The first kappa shape index (κ1) is 20.3. The molecule has 6 rings (SSSR count). The van der Waals surface area contributed by atoms with Gasteiger partial charge in [-0.3, -0.25) is 9.97 Å². The van der Waals surface area contributed by atoms with Crippen LogP contribution in [0.15, 0.2) is 91.5 Å². The van der Waals surface area contributed by atoms with Gasteiger partial charge in [0.05, 0.1) is 34.6 Å². The van der Waals surface area contributed by atoms with E-state index in [1.807, 2.05) is 60.7 Å². The smallest absolute Gasteiger partial charge is 0.178 e. The fraction of sp³-hybridized carbons (Fsp3) is 0. The molecule has 0 aliphatic heterocycles. The Labute approximate surface area is 200 Å². The molecule has 4 heterocycles. The first-order valence-electron chi connectivity index (χ1n) is 10.9. The van der Waals surface area contributed by atoms with Crippen molar-refractivity contribution >= 4 is 44.8 Å². The Morgan fingerprint density at radius 3 is 2.43 bits per heavy atom. The fourth-order valence-corrected chi connectivity index (χ4v) is 3.90. The Balaban J connectivity index is 1.25. The Morgan fingerprint density at radius 2 is 1.60 bits per heavy atom. The Hall–Kier alpha value is -5.29. The summed E-state index contributed by atoms with van der Waals surface area (Å²) in [6, 6.07) is 23.3. The van der Waals surface area contributed by atoms with Gasteiger partial charge in [0.25, 0.3) is 0 Å². The summed E-state index contributed by atoms with van der Waals surface area (Å²) in [5.41, 5.74) is 7.49. The molecule has 8 nitrogen and oxygen atoms in total. The van der Waals surface area contributed by atoms with Gasteiger partial charge in [0.15, 0.2) is 5.65 Å². The SMILES string of the molecule is N#Cc1ccc2nccc(Nc3ccc(-c4nc5ncc(Nc6ccncc6)cc5[nH]4)cc3)c2c1. The molecule has 6 aromatic rings. The number of anilines is 4. The minimum absolute atomic E-state index is 0.599. The number of hydrogen-bond donors (Lipinski definition) is 3. The number of H-pyrrole nitrogens is 1. The van der Waals surface area contributed by atoms with Crippen LogP contribution in [0, 0.1) is 11.3 Å². The van der Waals surface area contributed by atoms with Crippen LogP contribution in [0.1, 0.15) is 5.56 Å². The van der Waals surface area contributed by atoms with Gasteiger partial charge in [-0.2, -0.15) is 5.26 Å². The summed E-state index contributed by atoms with van der Waals surface area (Å²) in [5, 5.41) is 16.9. The highest BCUT2D eigenvalue weighted by atomic mass is 15.0. The topological polar surface area (TPSA) is 115 Å². The van der Waals surface area contributed by atoms with Crippen LogP contribution in [0.25, 0.3) is 33.5 Å². The summed E-state index contributed by atoms with van der Waals surface area (Å²) in [6.07, 6.45) is 6.99. The first-order valence-corrected chi connectivity index (χ1v) is 10.9. The van der Waals surface area contributed by atoms with Gasteiger partial charge >= 0.3 is 0 Å². The number of nitriles is 1. The van der Waals surface area contributed by atoms with Crippen molar-refractivity contribution in [2.24, 2.45) is 0 Å². The van der Waals surface area contributed by atoms with Crippen molar-refractivity contribution in [2.45, 2.75) is 0 Å². The van der Waals surface area contributed by atoms with Gasteiger partial charge in [0.2, 0.25) is 0 Å². The Morgan fingerprint density at radius 1 is 0.771 bits per heavy atom. The predicted molar refractivity (Wildman–Crippen MR) is 137 cm³/mol. The third kappa shape index (κ3) is 4.10. The number of hydrogen-bond acceptors (Lipinski definition) is 7. The summed E-state index contributed by atoms with van der Waals surface area (Å²) in [6.45, 7) is 0. The van der Waals surface area contributed by atoms with E-state index in [1.165, 1.54) is 0 Å². The maximum atomic E-state index is 9.24. The third-order valence-corrected chi connectivity index (χ3v) is 5.61. The molecule has 3 N–H and O–H groups in total. The molecular weight excluding hydrogens is 436 g/mol. The van der Waals surface area contributed by atoms with Crippen LogP contribution >= 0.6 is 0 Å². The first-order chi connectivity index (χ1) is 17.2. The van der Waals surface area contributed by atoms with Gasteiger partial charge in [-0.05, 0) is 66.7 Å². The van der Waals surface area contributed by atoms with E-state index < -0.39 is 0 Å². The quantitative estimate of drug-likeness (QED) is 0.296. The van der Waals surface area contributed by atoms with E-state index in [2.05, 4.69) is 41.6 Å². The average molecular weight is 454 g/mol. The lowest BCUT2D eigenvalue weighted by atomic mass is 10.1. The molecule has 0 saturated heterocycles. The van der Waals surface area contributed by atoms with Gasteiger partial charge < -0.3 is 15.6 Å². The van der Waals surface area contributed by atoms with Crippen molar-refractivity contribution in [1.29, 1.82) is 5.26 Å². The van der Waals surface area contributed by atoms with Crippen LogP contribution in [-0.2, 0) is 0 Å². The zero-order chi connectivity index (χ0) is 23.6. The second-order valence-corrected chi connectivity index (χ2v) is 7.95. The molecule has 35 heavy (non-hydrogen) atoms. The molecule has 0 unspecified atom stereocenters. The van der Waals surface area contributed by atoms with Crippen molar-refractivity contribution in [1.82, 2.24) is 24.9 Å². The highest BCUT2D eigenvalue weighted by Gasteiger charge is 2.09. The van der Waals surface area contributed by atoms with Crippen LogP contribution < -0.4 is 10.6 Å². The highest BCUT2D eigenvalue weighted by Crippen LogP contribution is 2.28. The molecule has 2 aromatic carbocycles. The monoisotopic (exact) mass is 454 g/mol. The van der Waals surface area contributed by atoms with E-state index in [-0.39, 0.29) is 0 Å². The minimum atomic E-state index is 0.599. The van der Waals surface area contributed by atoms with Crippen LogP contribution in [0.5, 0.6) is 0 Å². The van der Waals surface area contributed by atoms with Crippen molar-refractivity contribution in [3.05, 3.63) is 97.1 Å². The number of fused-ring (bicyclic) bond motifs is 2. The molecule has 4 aromatic heterocycles. The van der Waals surface area contributed by atoms with Crippen LogP contribution in [0.4, 0.5) is 22.7 Å². The molecule has 0 atom stereocenters. The molecular formula is C27H18N8. The number of rotatable bonds is 5. The summed E-state index contributed by atoms with van der Waals surface area (Å²) >= 11 is 0. The molecule has 0 amide bonds. The second-order valence-electron chi connectivity index (χ2n) is 7.95. The average Bonchev–Trinajstić information content (AvgIpc) is 3.33. The van der Waals surface area contributed by atoms with E-state index in [4.69, 9.17) is 0 Å². The van der Waals surface area contributed by atoms with Gasteiger partial charge in [-0.15, -0.1) is 0 Å². The predicted octanol–water partition coefficient (Wildman–Crippen LogP) is 5.93. The fourth-order valence-electron chi connectivity index (χ4n) is 3.90. The summed E-state index contributed by atoms with van der Waals surface area (Å²) < 4.78 is 0. The zero-order valence-electron chi connectivity index (χ0n) is 18.4. The van der Waals surface area contributed by atoms with Gasteiger partial charge in [0.1, 0.15) is 5.82 Å². The molecule has 166 valence electrons. The van der Waals surface area contributed by atoms with Crippen molar-refractivity contribution in [3.8, 4) is 17.5 Å². The van der Waals surface area contributed by atoms with Crippen LogP contribution in [0.3, 0.4) is 0 Å². The third-order valence-electron chi connectivity index (χ3n) is 5.61. The molecule has 0 saturated carbocycles. The summed E-state index contributed by atoms with van der Waals surface area (Å²) in [5.74, 6) is 0.744. The normalized spacial score (nSPS) is 10.8. The van der Waals surface area contributed by atoms with Crippen molar-refractivity contribution < 1.29 is 0 Å². The van der Waals surface area contributed by atoms with E-state index in [0.717, 1.165) is 50.6 Å². The van der Waals surface area contributed by atoms with E-state index >= 15 is 0 Å². The maximum Gasteiger partial charge on any atom is 0.178 e. The zero-order valence-corrected chi connectivity index (χ0v) is 18.4. The number of aromatic nitrogens is 5. The lowest BCUT2D eigenvalue weighted by molar-refractivity contribution is 1.30. The van der Waals surface area contributed by atoms with Crippen LogP contribution in [0.2, 0.25) is 0 Å². The van der Waals surface area contributed by atoms with Crippen molar-refractivity contribution in [2.75, 3.05) is 10.6 Å². The molecule has 0 fully saturated rings. The van der Waals surface area contributed by atoms with Gasteiger partial charge in [0, 0.05) is 46.6 Å². The molecule has 0 radical (unpaired) electrons. The maximum absolute atomic E-state index is 9.24. The molecule has 0 spiro atoms. The van der Waals surface area contributed by atoms with Gasteiger partial charge in [-0.25, -0.2) is 9.97 Å². The number of nitrogens with one attached hydrogen (secondary N) is 3. The largest absolute Gasteiger partial charge is 0.355 e. The number of aromatic amines is 1. The Kier molecular flexibility index (Phi) is 4.98.